The van der Waals surface area contributed by atoms with Crippen molar-refractivity contribution in [1.82, 2.24) is 14.9 Å². The molecule has 116 valence electrons. The highest BCUT2D eigenvalue weighted by atomic mass is 15.2. The van der Waals surface area contributed by atoms with Gasteiger partial charge in [0, 0.05) is 25.5 Å². The summed E-state index contributed by atoms with van der Waals surface area (Å²) in [5, 5.41) is 0. The molecule has 0 unspecified atom stereocenters. The molecule has 0 bridgehead atoms. The third kappa shape index (κ3) is 3.54. The third-order valence-corrected chi connectivity index (χ3v) is 5.23. The second kappa shape index (κ2) is 6.73. The zero-order valence-corrected chi connectivity index (χ0v) is 13.5. The normalized spacial score (nSPS) is 22.7. The van der Waals surface area contributed by atoms with Gasteiger partial charge in [0.25, 0.3) is 0 Å². The van der Waals surface area contributed by atoms with E-state index in [-0.39, 0.29) is 0 Å². The fraction of sp³-hybridized carbons (Fsp3) is 0.765. The Balaban J connectivity index is 1.59. The molecule has 1 aromatic rings. The Bertz CT molecular complexity index is 429. The van der Waals surface area contributed by atoms with E-state index >= 15 is 0 Å². The number of hydrogen-bond donors (Lipinski definition) is 0. The van der Waals surface area contributed by atoms with Crippen molar-refractivity contribution >= 4 is 5.95 Å². The van der Waals surface area contributed by atoms with E-state index in [1.165, 1.54) is 50.9 Å². The van der Waals surface area contributed by atoms with Gasteiger partial charge in [-0.2, -0.15) is 0 Å². The van der Waals surface area contributed by atoms with Crippen LogP contribution in [-0.2, 0) is 0 Å². The predicted octanol–water partition coefficient (Wildman–Crippen LogP) is 2.91. The zero-order valence-electron chi connectivity index (χ0n) is 13.5. The molecule has 1 aromatic heterocycles. The lowest BCUT2D eigenvalue weighted by atomic mass is 9.91. The maximum absolute atomic E-state index is 4.64. The van der Waals surface area contributed by atoms with Crippen LogP contribution in [0.4, 0.5) is 5.95 Å². The fourth-order valence-corrected chi connectivity index (χ4v) is 3.50. The first-order chi connectivity index (χ1) is 10.3. The lowest BCUT2D eigenvalue weighted by Gasteiger charge is -2.32. The van der Waals surface area contributed by atoms with E-state index in [1.807, 2.05) is 0 Å². The van der Waals surface area contributed by atoms with Crippen molar-refractivity contribution < 1.29 is 0 Å². The smallest absolute Gasteiger partial charge is 0.225 e. The summed E-state index contributed by atoms with van der Waals surface area (Å²) < 4.78 is 0. The van der Waals surface area contributed by atoms with Crippen molar-refractivity contribution in [3.05, 3.63) is 18.0 Å². The molecule has 2 aliphatic heterocycles. The summed E-state index contributed by atoms with van der Waals surface area (Å²) in [6, 6.07) is 0. The van der Waals surface area contributed by atoms with Crippen molar-refractivity contribution in [1.29, 1.82) is 0 Å². The highest BCUT2D eigenvalue weighted by Gasteiger charge is 2.21. The van der Waals surface area contributed by atoms with Gasteiger partial charge in [0.15, 0.2) is 0 Å². The third-order valence-electron chi connectivity index (χ3n) is 5.23. The van der Waals surface area contributed by atoms with E-state index in [4.69, 9.17) is 0 Å². The van der Waals surface area contributed by atoms with E-state index in [2.05, 4.69) is 46.0 Å². The summed E-state index contributed by atoms with van der Waals surface area (Å²) in [7, 11) is 0. The molecule has 2 fully saturated rings. The molecule has 0 N–H and O–H groups in total. The molecule has 4 nitrogen and oxygen atoms in total. The summed E-state index contributed by atoms with van der Waals surface area (Å²) in [5.41, 5.74) is 1.33. The maximum atomic E-state index is 4.64. The van der Waals surface area contributed by atoms with Crippen molar-refractivity contribution in [2.45, 2.75) is 45.4 Å². The first kappa shape index (κ1) is 14.8. The van der Waals surface area contributed by atoms with Crippen LogP contribution < -0.4 is 4.90 Å². The average molecular weight is 288 g/mol. The van der Waals surface area contributed by atoms with Crippen molar-refractivity contribution in [3.63, 3.8) is 0 Å². The quantitative estimate of drug-likeness (QED) is 0.856. The second-order valence-electron chi connectivity index (χ2n) is 6.69. The highest BCUT2D eigenvalue weighted by Crippen LogP contribution is 2.28. The first-order valence-corrected chi connectivity index (χ1v) is 8.55. The van der Waals surface area contributed by atoms with Gasteiger partial charge in [-0.3, -0.25) is 0 Å². The van der Waals surface area contributed by atoms with Crippen LogP contribution in [0.2, 0.25) is 0 Å². The fourth-order valence-electron chi connectivity index (χ4n) is 3.50. The van der Waals surface area contributed by atoms with E-state index < -0.39 is 0 Å². The van der Waals surface area contributed by atoms with Crippen LogP contribution in [0.5, 0.6) is 0 Å². The molecule has 0 atom stereocenters. The van der Waals surface area contributed by atoms with Crippen molar-refractivity contribution in [2.75, 3.05) is 37.6 Å². The molecule has 0 aliphatic carbocycles. The number of hydrogen-bond acceptors (Lipinski definition) is 4. The summed E-state index contributed by atoms with van der Waals surface area (Å²) >= 11 is 0. The molecule has 2 saturated heterocycles. The minimum absolute atomic E-state index is 0.656. The lowest BCUT2D eigenvalue weighted by Crippen LogP contribution is -2.34. The standard InChI is InChI=1S/C17H28N4/c1-3-20-8-6-15(7-9-20)16-12-18-17(19-13-16)21-10-4-14(2)5-11-21/h12-15H,3-11H2,1-2H3. The van der Waals surface area contributed by atoms with Gasteiger partial charge in [-0.1, -0.05) is 13.8 Å². The Kier molecular flexibility index (Phi) is 4.73. The maximum Gasteiger partial charge on any atom is 0.225 e. The molecule has 0 aromatic carbocycles. The predicted molar refractivity (Wildman–Crippen MR) is 86.7 cm³/mol. The summed E-state index contributed by atoms with van der Waals surface area (Å²) in [4.78, 5) is 14.2. The van der Waals surface area contributed by atoms with Crippen molar-refractivity contribution in [2.24, 2.45) is 5.92 Å². The number of nitrogens with zero attached hydrogens (tertiary/aromatic N) is 4. The largest absolute Gasteiger partial charge is 0.341 e. The molecule has 0 saturated carbocycles. The topological polar surface area (TPSA) is 32.3 Å². The van der Waals surface area contributed by atoms with Crippen molar-refractivity contribution in [3.8, 4) is 0 Å². The van der Waals surface area contributed by atoms with Crippen LogP contribution in [0.3, 0.4) is 0 Å². The Morgan fingerprint density at radius 1 is 1.00 bits per heavy atom. The molecule has 3 rings (SSSR count). The molecule has 0 radical (unpaired) electrons. The van der Waals surface area contributed by atoms with Gasteiger partial charge >= 0.3 is 0 Å². The van der Waals surface area contributed by atoms with Gasteiger partial charge in [0.05, 0.1) is 0 Å². The molecule has 3 heterocycles. The highest BCUT2D eigenvalue weighted by molar-refractivity contribution is 5.31. The minimum Gasteiger partial charge on any atom is -0.341 e. The van der Waals surface area contributed by atoms with Crippen LogP contribution in [0.15, 0.2) is 12.4 Å². The zero-order chi connectivity index (χ0) is 14.7. The van der Waals surface area contributed by atoms with Gasteiger partial charge in [0.1, 0.15) is 0 Å². The Labute approximate surface area is 128 Å². The number of piperidine rings is 2. The SMILES string of the molecule is CCN1CCC(c2cnc(N3CCC(C)CC3)nc2)CC1. The van der Waals surface area contributed by atoms with Crippen LogP contribution in [-0.4, -0.2) is 47.6 Å². The van der Waals surface area contributed by atoms with Gasteiger partial charge in [-0.05, 0) is 62.7 Å². The van der Waals surface area contributed by atoms with Gasteiger partial charge in [-0.15, -0.1) is 0 Å². The van der Waals surface area contributed by atoms with E-state index in [0.717, 1.165) is 25.0 Å². The molecular weight excluding hydrogens is 260 g/mol. The lowest BCUT2D eigenvalue weighted by molar-refractivity contribution is 0.222. The number of likely N-dealkylation sites (tertiary alicyclic amines) is 1. The van der Waals surface area contributed by atoms with E-state index in [1.54, 1.807) is 0 Å². The monoisotopic (exact) mass is 288 g/mol. The van der Waals surface area contributed by atoms with Crippen LogP contribution in [0, 0.1) is 5.92 Å². The summed E-state index contributed by atoms with van der Waals surface area (Å²) in [6.45, 7) is 10.4. The number of rotatable bonds is 3. The minimum atomic E-state index is 0.656. The number of anilines is 1. The van der Waals surface area contributed by atoms with Crippen LogP contribution in [0.1, 0.15) is 51.0 Å². The van der Waals surface area contributed by atoms with Gasteiger partial charge in [0.2, 0.25) is 5.95 Å². The van der Waals surface area contributed by atoms with Crippen LogP contribution >= 0.6 is 0 Å². The molecule has 0 amide bonds. The molecule has 0 spiro atoms. The average Bonchev–Trinajstić information content (AvgIpc) is 2.56. The number of aromatic nitrogens is 2. The van der Waals surface area contributed by atoms with Gasteiger partial charge in [-0.25, -0.2) is 9.97 Å². The van der Waals surface area contributed by atoms with Gasteiger partial charge < -0.3 is 9.80 Å². The first-order valence-electron chi connectivity index (χ1n) is 8.55. The Hall–Kier alpha value is -1.16. The summed E-state index contributed by atoms with van der Waals surface area (Å²) in [5.74, 6) is 2.43. The second-order valence-corrected chi connectivity index (χ2v) is 6.69. The van der Waals surface area contributed by atoms with Crippen LogP contribution in [0.25, 0.3) is 0 Å². The van der Waals surface area contributed by atoms with E-state index in [9.17, 15) is 0 Å². The van der Waals surface area contributed by atoms with E-state index in [0.29, 0.717) is 5.92 Å². The Morgan fingerprint density at radius 2 is 1.62 bits per heavy atom. The molecule has 21 heavy (non-hydrogen) atoms. The Morgan fingerprint density at radius 3 is 2.19 bits per heavy atom. The molecule has 4 heteroatoms. The summed E-state index contributed by atoms with van der Waals surface area (Å²) in [6.07, 6.45) is 9.18. The molecule has 2 aliphatic rings. The molecular formula is C17H28N4.